The van der Waals surface area contributed by atoms with E-state index in [0.717, 1.165) is 5.56 Å². The number of ether oxygens (including phenoxy) is 2. The molecule has 0 fully saturated rings. The molecule has 0 unspecified atom stereocenters. The summed E-state index contributed by atoms with van der Waals surface area (Å²) in [5.74, 6) is -0.970. The Kier molecular flexibility index (Phi) is 5.89. The highest BCUT2D eigenvalue weighted by Gasteiger charge is 2.40. The molecule has 0 aliphatic heterocycles. The maximum absolute atomic E-state index is 12.3. The Labute approximate surface area is 124 Å². The highest BCUT2D eigenvalue weighted by molar-refractivity contribution is 7.84. The van der Waals surface area contributed by atoms with E-state index in [1.54, 1.807) is 14.2 Å². The molecule has 0 spiro atoms. The summed E-state index contributed by atoms with van der Waals surface area (Å²) in [6, 6.07) is 9.38. The molecule has 0 aromatic heterocycles. The van der Waals surface area contributed by atoms with Gasteiger partial charge in [0.15, 0.2) is 0 Å². The first kappa shape index (κ1) is 17.3. The Balaban J connectivity index is 3.05. The van der Waals surface area contributed by atoms with Gasteiger partial charge in [-0.3, -0.25) is 0 Å². The van der Waals surface area contributed by atoms with Gasteiger partial charge in [-0.25, -0.2) is 8.93 Å². The van der Waals surface area contributed by atoms with E-state index in [1.807, 2.05) is 58.0 Å². The van der Waals surface area contributed by atoms with Crippen LogP contribution in [0.4, 0.5) is 0 Å². The van der Waals surface area contributed by atoms with Crippen molar-refractivity contribution in [3.63, 3.8) is 0 Å². The van der Waals surface area contributed by atoms with Crippen LogP contribution >= 0.6 is 0 Å². The largest absolute Gasteiger partial charge is 0.348 e. The zero-order chi connectivity index (χ0) is 15.4. The second-order valence-corrected chi connectivity index (χ2v) is 7.66. The lowest BCUT2D eigenvalue weighted by Crippen LogP contribution is -2.52. The van der Waals surface area contributed by atoms with Crippen LogP contribution < -0.4 is 4.72 Å². The van der Waals surface area contributed by atoms with Crippen molar-refractivity contribution >= 4 is 11.0 Å². The van der Waals surface area contributed by atoms with Gasteiger partial charge in [0.05, 0.1) is 21.8 Å². The molecule has 0 aliphatic carbocycles. The van der Waals surface area contributed by atoms with E-state index in [2.05, 4.69) is 4.72 Å². The molecule has 2 atom stereocenters. The molecule has 5 heteroatoms. The van der Waals surface area contributed by atoms with Gasteiger partial charge in [0, 0.05) is 19.8 Å². The average molecular weight is 299 g/mol. The normalized spacial score (nSPS) is 15.9. The molecule has 0 heterocycles. The fraction of sp³-hybridized carbons (Fsp3) is 0.600. The van der Waals surface area contributed by atoms with Crippen LogP contribution in [0.3, 0.4) is 0 Å². The molecule has 0 saturated carbocycles. The van der Waals surface area contributed by atoms with Gasteiger partial charge < -0.3 is 9.47 Å². The zero-order valence-corrected chi connectivity index (χ0v) is 13.9. The minimum atomic E-state index is -1.20. The minimum Gasteiger partial charge on any atom is -0.348 e. The third kappa shape index (κ3) is 3.67. The molecule has 1 aromatic carbocycles. The molecule has 20 heavy (non-hydrogen) atoms. The fourth-order valence-corrected chi connectivity index (χ4v) is 2.84. The van der Waals surface area contributed by atoms with Gasteiger partial charge in [-0.05, 0) is 27.7 Å². The minimum absolute atomic E-state index is 0.278. The predicted octanol–water partition coefficient (Wildman–Crippen LogP) is 2.57. The van der Waals surface area contributed by atoms with Crippen molar-refractivity contribution in [3.05, 3.63) is 35.9 Å². The molecule has 4 nitrogen and oxygen atoms in total. The topological polar surface area (TPSA) is 47.6 Å². The number of hydrogen-bond donors (Lipinski definition) is 1. The van der Waals surface area contributed by atoms with Crippen molar-refractivity contribution in [3.8, 4) is 0 Å². The van der Waals surface area contributed by atoms with E-state index in [-0.39, 0.29) is 10.8 Å². The molecular weight excluding hydrogens is 274 g/mol. The second kappa shape index (κ2) is 6.80. The summed E-state index contributed by atoms with van der Waals surface area (Å²) in [6.45, 7) is 7.68. The van der Waals surface area contributed by atoms with Gasteiger partial charge in [0.25, 0.3) is 0 Å². The molecule has 114 valence electrons. The lowest BCUT2D eigenvalue weighted by atomic mass is 9.99. The standard InChI is InChI=1S/C15H25NO3S/c1-12(16-20(17)14(2,3)4)15(18-5,19-6)13-10-8-7-9-11-13/h7-12,16H,1-6H3/t12-,20+/m0/s1. The van der Waals surface area contributed by atoms with E-state index in [4.69, 9.17) is 9.47 Å². The molecule has 0 bridgehead atoms. The first-order valence-corrected chi connectivity index (χ1v) is 7.76. The van der Waals surface area contributed by atoms with Crippen LogP contribution in [0.2, 0.25) is 0 Å². The third-order valence-electron chi connectivity index (χ3n) is 3.19. The third-order valence-corrected chi connectivity index (χ3v) is 4.87. The molecule has 0 aliphatic rings. The van der Waals surface area contributed by atoms with Gasteiger partial charge in [-0.1, -0.05) is 30.3 Å². The van der Waals surface area contributed by atoms with Crippen molar-refractivity contribution < 1.29 is 13.7 Å². The smallest absolute Gasteiger partial charge is 0.210 e. The van der Waals surface area contributed by atoms with Crippen LogP contribution in [0.5, 0.6) is 0 Å². The van der Waals surface area contributed by atoms with Crippen molar-refractivity contribution in [1.29, 1.82) is 0 Å². The van der Waals surface area contributed by atoms with Gasteiger partial charge in [0.1, 0.15) is 0 Å². The Morgan fingerprint density at radius 1 is 1.10 bits per heavy atom. The predicted molar refractivity (Wildman–Crippen MR) is 82.6 cm³/mol. The maximum atomic E-state index is 12.3. The summed E-state index contributed by atoms with van der Waals surface area (Å²) in [6.07, 6.45) is 0. The Morgan fingerprint density at radius 3 is 2.00 bits per heavy atom. The van der Waals surface area contributed by atoms with Crippen LogP contribution in [0, 0.1) is 0 Å². The molecule has 0 radical (unpaired) electrons. The maximum Gasteiger partial charge on any atom is 0.210 e. The summed E-state index contributed by atoms with van der Waals surface area (Å²) in [4.78, 5) is 0. The van der Waals surface area contributed by atoms with Crippen molar-refractivity contribution in [2.75, 3.05) is 14.2 Å². The molecule has 0 saturated heterocycles. The molecule has 1 aromatic rings. The average Bonchev–Trinajstić information content (AvgIpc) is 2.41. The van der Waals surface area contributed by atoms with Crippen molar-refractivity contribution in [2.24, 2.45) is 0 Å². The Hall–Kier alpha value is -0.750. The highest BCUT2D eigenvalue weighted by atomic mass is 32.2. The number of hydrogen-bond acceptors (Lipinski definition) is 3. The van der Waals surface area contributed by atoms with Gasteiger partial charge in [-0.2, -0.15) is 0 Å². The van der Waals surface area contributed by atoms with Crippen LogP contribution in [-0.2, 0) is 26.2 Å². The molecule has 0 amide bonds. The lowest BCUT2D eigenvalue weighted by molar-refractivity contribution is -0.229. The van der Waals surface area contributed by atoms with E-state index < -0.39 is 16.8 Å². The quantitative estimate of drug-likeness (QED) is 0.821. The molecular formula is C15H25NO3S. The zero-order valence-electron chi connectivity index (χ0n) is 13.1. The van der Waals surface area contributed by atoms with Gasteiger partial charge in [-0.15, -0.1) is 0 Å². The van der Waals surface area contributed by atoms with E-state index in [1.165, 1.54) is 0 Å². The Morgan fingerprint density at radius 2 is 1.60 bits per heavy atom. The number of methoxy groups -OCH3 is 2. The first-order chi connectivity index (χ1) is 9.28. The second-order valence-electron chi connectivity index (χ2n) is 5.66. The van der Waals surface area contributed by atoms with Crippen LogP contribution in [0.25, 0.3) is 0 Å². The van der Waals surface area contributed by atoms with Crippen LogP contribution in [-0.4, -0.2) is 29.2 Å². The van der Waals surface area contributed by atoms with E-state index in [0.29, 0.717) is 0 Å². The Bertz CT molecular complexity index is 438. The van der Waals surface area contributed by atoms with Gasteiger partial charge >= 0.3 is 0 Å². The van der Waals surface area contributed by atoms with Crippen molar-refractivity contribution in [1.82, 2.24) is 4.72 Å². The van der Waals surface area contributed by atoms with E-state index >= 15 is 0 Å². The van der Waals surface area contributed by atoms with E-state index in [9.17, 15) is 4.21 Å². The van der Waals surface area contributed by atoms with Crippen LogP contribution in [0.1, 0.15) is 33.3 Å². The number of rotatable bonds is 6. The SMILES string of the molecule is COC(OC)(c1ccccc1)[C@H](C)N[S@](=O)C(C)(C)C. The fourth-order valence-electron chi connectivity index (χ4n) is 2.01. The molecule has 1 N–H and O–H groups in total. The first-order valence-electron chi connectivity index (χ1n) is 6.62. The summed E-state index contributed by atoms with van der Waals surface area (Å²) < 4.78 is 26.3. The van der Waals surface area contributed by atoms with Gasteiger partial charge in [0.2, 0.25) is 5.79 Å². The lowest BCUT2D eigenvalue weighted by Gasteiger charge is -2.37. The van der Waals surface area contributed by atoms with Crippen molar-refractivity contribution in [2.45, 2.75) is 44.3 Å². The highest BCUT2D eigenvalue weighted by Crippen LogP contribution is 2.30. The summed E-state index contributed by atoms with van der Waals surface area (Å²) in [7, 11) is 1.98. The monoisotopic (exact) mass is 299 g/mol. The molecule has 1 rings (SSSR count). The summed E-state index contributed by atoms with van der Waals surface area (Å²) >= 11 is 0. The number of benzene rings is 1. The summed E-state index contributed by atoms with van der Waals surface area (Å²) in [5.41, 5.74) is 0.885. The van der Waals surface area contributed by atoms with Crippen LogP contribution in [0.15, 0.2) is 30.3 Å². The summed E-state index contributed by atoms with van der Waals surface area (Å²) in [5, 5.41) is 0. The number of nitrogens with one attached hydrogen (secondary N) is 1.